The number of aromatic amines is 2. The number of nitrogens with zero attached hydrogens (tertiary/aromatic N) is 4. The summed E-state index contributed by atoms with van der Waals surface area (Å²) in [6, 6.07) is 16.2. The molecule has 0 spiro atoms. The molecule has 0 unspecified atom stereocenters. The van der Waals surface area contributed by atoms with Gasteiger partial charge in [0.05, 0.1) is 11.4 Å². The molecule has 0 saturated carbocycles. The van der Waals surface area contributed by atoms with E-state index in [2.05, 4.69) is 36.2 Å². The van der Waals surface area contributed by atoms with E-state index in [1.807, 2.05) is 36.7 Å². The third-order valence-corrected chi connectivity index (χ3v) is 5.33. The second-order valence-corrected chi connectivity index (χ2v) is 7.24. The first-order valence-corrected chi connectivity index (χ1v) is 9.75. The number of halogens is 1. The van der Waals surface area contributed by atoms with Crippen LogP contribution in [0, 0.1) is 5.82 Å². The van der Waals surface area contributed by atoms with Crippen LogP contribution >= 0.6 is 0 Å². The van der Waals surface area contributed by atoms with E-state index in [9.17, 15) is 4.39 Å². The van der Waals surface area contributed by atoms with Crippen molar-refractivity contribution in [3.05, 3.63) is 85.2 Å². The van der Waals surface area contributed by atoms with Gasteiger partial charge < -0.3 is 4.98 Å². The fourth-order valence-corrected chi connectivity index (χ4v) is 3.82. The highest BCUT2D eigenvalue weighted by Gasteiger charge is 2.15. The molecule has 0 fully saturated rings. The first-order valence-electron chi connectivity index (χ1n) is 9.75. The zero-order valence-electron chi connectivity index (χ0n) is 16.2. The van der Waals surface area contributed by atoms with Gasteiger partial charge in [-0.05, 0) is 48.5 Å². The van der Waals surface area contributed by atoms with Gasteiger partial charge in [0.25, 0.3) is 0 Å². The van der Waals surface area contributed by atoms with Crippen molar-refractivity contribution in [3.8, 4) is 33.8 Å². The van der Waals surface area contributed by atoms with Crippen LogP contribution in [-0.2, 0) is 0 Å². The van der Waals surface area contributed by atoms with Crippen molar-refractivity contribution in [2.75, 3.05) is 0 Å². The summed E-state index contributed by atoms with van der Waals surface area (Å²) >= 11 is 0. The van der Waals surface area contributed by atoms with Crippen LogP contribution in [0.25, 0.3) is 55.7 Å². The minimum Gasteiger partial charge on any atom is -0.353 e. The molecule has 6 aromatic rings. The van der Waals surface area contributed by atoms with Crippen molar-refractivity contribution in [2.45, 2.75) is 0 Å². The van der Waals surface area contributed by atoms with E-state index >= 15 is 0 Å². The monoisotopic (exact) mass is 406 g/mol. The maximum absolute atomic E-state index is 13.4. The molecule has 6 rings (SSSR count). The van der Waals surface area contributed by atoms with Crippen molar-refractivity contribution in [1.82, 2.24) is 30.1 Å². The molecule has 0 radical (unpaired) electrons. The van der Waals surface area contributed by atoms with Crippen LogP contribution < -0.4 is 0 Å². The Balaban J connectivity index is 1.51. The Kier molecular flexibility index (Phi) is 3.86. The van der Waals surface area contributed by atoms with Gasteiger partial charge in [-0.1, -0.05) is 6.07 Å². The van der Waals surface area contributed by atoms with E-state index in [1.54, 1.807) is 24.5 Å². The summed E-state index contributed by atoms with van der Waals surface area (Å²) in [6.07, 6.45) is 7.11. The van der Waals surface area contributed by atoms with Gasteiger partial charge in [0.2, 0.25) is 0 Å². The lowest BCUT2D eigenvalue weighted by atomic mass is 10.1. The molecule has 0 atom stereocenters. The predicted molar refractivity (Wildman–Crippen MR) is 118 cm³/mol. The Hall–Kier alpha value is -4.39. The van der Waals surface area contributed by atoms with E-state index < -0.39 is 0 Å². The molecular weight excluding hydrogens is 391 g/mol. The molecule has 2 N–H and O–H groups in total. The molecule has 6 nitrogen and oxygen atoms in total. The fraction of sp³-hybridized carbons (Fsp3) is 0. The Bertz CT molecular complexity index is 1530. The van der Waals surface area contributed by atoms with Crippen molar-refractivity contribution < 1.29 is 4.39 Å². The quantitative estimate of drug-likeness (QED) is 0.414. The number of hydrogen-bond donors (Lipinski definition) is 2. The normalized spacial score (nSPS) is 11.4. The molecule has 5 aromatic heterocycles. The Morgan fingerprint density at radius 2 is 1.65 bits per heavy atom. The number of nitrogens with one attached hydrogen (secondary N) is 2. The molecule has 0 bridgehead atoms. The SMILES string of the molecule is Fc1ccc(-c2nccc3[nH]c(-c4n[nH]c5ncc(-c6cccnc6)cc45)cc23)cc1. The Morgan fingerprint density at radius 3 is 2.48 bits per heavy atom. The zero-order valence-corrected chi connectivity index (χ0v) is 16.2. The molecule has 0 aliphatic heterocycles. The number of aromatic nitrogens is 6. The van der Waals surface area contributed by atoms with Gasteiger partial charge in [-0.2, -0.15) is 5.10 Å². The Morgan fingerprint density at radius 1 is 0.742 bits per heavy atom. The van der Waals surface area contributed by atoms with Crippen LogP contribution in [-0.4, -0.2) is 30.1 Å². The highest BCUT2D eigenvalue weighted by molar-refractivity contribution is 5.99. The van der Waals surface area contributed by atoms with E-state index in [-0.39, 0.29) is 5.82 Å². The molecule has 148 valence electrons. The minimum atomic E-state index is -0.273. The largest absolute Gasteiger partial charge is 0.353 e. The number of pyridine rings is 3. The van der Waals surface area contributed by atoms with Gasteiger partial charge in [-0.3, -0.25) is 15.1 Å². The third-order valence-electron chi connectivity index (χ3n) is 5.33. The number of fused-ring (bicyclic) bond motifs is 2. The lowest BCUT2D eigenvalue weighted by molar-refractivity contribution is 0.628. The molecule has 31 heavy (non-hydrogen) atoms. The molecule has 0 saturated heterocycles. The summed E-state index contributed by atoms with van der Waals surface area (Å²) in [5.41, 5.74) is 6.85. The molecule has 7 heteroatoms. The summed E-state index contributed by atoms with van der Waals surface area (Å²) in [7, 11) is 0. The van der Waals surface area contributed by atoms with Crippen LogP contribution in [0.4, 0.5) is 4.39 Å². The van der Waals surface area contributed by atoms with Gasteiger partial charge >= 0.3 is 0 Å². The second-order valence-electron chi connectivity index (χ2n) is 7.24. The average molecular weight is 406 g/mol. The molecule has 0 aliphatic carbocycles. The first kappa shape index (κ1) is 17.5. The number of H-pyrrole nitrogens is 2. The molecular formula is C24H15FN6. The lowest BCUT2D eigenvalue weighted by Gasteiger charge is -2.02. The smallest absolute Gasteiger partial charge is 0.155 e. The van der Waals surface area contributed by atoms with Crippen molar-refractivity contribution in [2.24, 2.45) is 0 Å². The Labute approximate surface area is 175 Å². The highest BCUT2D eigenvalue weighted by Crippen LogP contribution is 2.33. The highest BCUT2D eigenvalue weighted by atomic mass is 19.1. The molecule has 0 amide bonds. The standard InChI is InChI=1S/C24H15FN6/c25-17-5-3-14(4-6-17)22-18-11-21(29-20(18)7-9-27-22)23-19-10-16(13-28-24(19)31-30-23)15-2-1-8-26-12-15/h1-13,29H,(H,28,30,31). The third kappa shape index (κ3) is 2.95. The van der Waals surface area contributed by atoms with E-state index in [4.69, 9.17) is 0 Å². The summed E-state index contributed by atoms with van der Waals surface area (Å²) < 4.78 is 13.4. The van der Waals surface area contributed by atoms with E-state index in [0.29, 0.717) is 5.65 Å². The predicted octanol–water partition coefficient (Wildman–Crippen LogP) is 5.37. The maximum atomic E-state index is 13.4. The summed E-state index contributed by atoms with van der Waals surface area (Å²) in [5.74, 6) is -0.273. The first-order chi connectivity index (χ1) is 15.3. The van der Waals surface area contributed by atoms with Crippen LogP contribution in [0.15, 0.2) is 79.4 Å². The van der Waals surface area contributed by atoms with Gasteiger partial charge in [0, 0.05) is 57.8 Å². The van der Waals surface area contributed by atoms with Crippen LogP contribution in [0.3, 0.4) is 0 Å². The van der Waals surface area contributed by atoms with Gasteiger partial charge in [-0.25, -0.2) is 9.37 Å². The van der Waals surface area contributed by atoms with Gasteiger partial charge in [0.1, 0.15) is 11.5 Å². The summed E-state index contributed by atoms with van der Waals surface area (Å²) in [5, 5.41) is 9.36. The minimum absolute atomic E-state index is 0.273. The molecule has 0 aliphatic rings. The lowest BCUT2D eigenvalue weighted by Crippen LogP contribution is -1.84. The van der Waals surface area contributed by atoms with Crippen molar-refractivity contribution in [1.29, 1.82) is 0 Å². The van der Waals surface area contributed by atoms with E-state index in [0.717, 1.165) is 50.1 Å². The fourth-order valence-electron chi connectivity index (χ4n) is 3.82. The topological polar surface area (TPSA) is 83.1 Å². The number of hydrogen-bond acceptors (Lipinski definition) is 4. The number of rotatable bonds is 3. The van der Waals surface area contributed by atoms with Crippen LogP contribution in [0.5, 0.6) is 0 Å². The summed E-state index contributed by atoms with van der Waals surface area (Å²) in [6.45, 7) is 0. The van der Waals surface area contributed by atoms with Crippen molar-refractivity contribution >= 4 is 21.9 Å². The van der Waals surface area contributed by atoms with Gasteiger partial charge in [0.15, 0.2) is 5.65 Å². The van der Waals surface area contributed by atoms with Crippen LogP contribution in [0.1, 0.15) is 0 Å². The molecule has 5 heterocycles. The molecule has 1 aromatic carbocycles. The van der Waals surface area contributed by atoms with Crippen molar-refractivity contribution in [3.63, 3.8) is 0 Å². The average Bonchev–Trinajstić information content (AvgIpc) is 3.43. The van der Waals surface area contributed by atoms with E-state index in [1.165, 1.54) is 12.1 Å². The maximum Gasteiger partial charge on any atom is 0.155 e. The second kappa shape index (κ2) is 6.84. The summed E-state index contributed by atoms with van der Waals surface area (Å²) in [4.78, 5) is 16.7. The van der Waals surface area contributed by atoms with Crippen LogP contribution in [0.2, 0.25) is 0 Å². The zero-order chi connectivity index (χ0) is 20.8. The van der Waals surface area contributed by atoms with Gasteiger partial charge in [-0.15, -0.1) is 0 Å². The number of benzene rings is 1.